The van der Waals surface area contributed by atoms with Crippen molar-refractivity contribution in [3.63, 3.8) is 0 Å². The average molecular weight is 551 g/mol. The van der Waals surface area contributed by atoms with Gasteiger partial charge in [-0.05, 0) is 48.9 Å². The van der Waals surface area contributed by atoms with Crippen LogP contribution in [0, 0.1) is 6.92 Å². The molecule has 186 valence electrons. The highest BCUT2D eigenvalue weighted by molar-refractivity contribution is 7.98. The maximum atomic E-state index is 13.0. The van der Waals surface area contributed by atoms with Crippen LogP contribution >= 0.6 is 35.0 Å². The van der Waals surface area contributed by atoms with Crippen LogP contribution in [0.4, 0.5) is 13.2 Å². The number of halogens is 5. The van der Waals surface area contributed by atoms with Gasteiger partial charge in [0, 0.05) is 16.3 Å². The van der Waals surface area contributed by atoms with E-state index in [0.717, 1.165) is 23.3 Å². The fourth-order valence-corrected chi connectivity index (χ4v) is 4.86. The number of thioether (sulfide) groups is 1. The number of aromatic nitrogens is 3. The first-order valence-corrected chi connectivity index (χ1v) is 12.4. The van der Waals surface area contributed by atoms with Gasteiger partial charge in [0.05, 0.1) is 22.8 Å². The Hall–Kier alpha value is -3.01. The number of hydrogen-bond donors (Lipinski definition) is 1. The Morgan fingerprint density at radius 2 is 1.81 bits per heavy atom. The molecule has 1 N–H and O–H groups in total. The minimum absolute atomic E-state index is 0.0912. The van der Waals surface area contributed by atoms with E-state index in [1.54, 1.807) is 22.8 Å². The molecule has 0 aliphatic heterocycles. The Bertz CT molecular complexity index is 1410. The van der Waals surface area contributed by atoms with Gasteiger partial charge in [-0.2, -0.15) is 13.2 Å². The summed E-state index contributed by atoms with van der Waals surface area (Å²) >= 11 is 14.0. The first kappa shape index (κ1) is 26.1. The van der Waals surface area contributed by atoms with E-state index >= 15 is 0 Å². The maximum absolute atomic E-state index is 13.0. The molecule has 0 aliphatic rings. The van der Waals surface area contributed by atoms with Gasteiger partial charge in [0.25, 0.3) is 5.91 Å². The molecule has 0 unspecified atom stereocenters. The van der Waals surface area contributed by atoms with Crippen molar-refractivity contribution >= 4 is 40.9 Å². The van der Waals surface area contributed by atoms with Gasteiger partial charge in [0.1, 0.15) is 0 Å². The fourth-order valence-electron chi connectivity index (χ4n) is 3.46. The number of alkyl halides is 3. The maximum Gasteiger partial charge on any atom is 0.416 e. The van der Waals surface area contributed by atoms with Crippen molar-refractivity contribution in [1.82, 2.24) is 20.1 Å². The Morgan fingerprint density at radius 1 is 1.03 bits per heavy atom. The van der Waals surface area contributed by atoms with E-state index in [2.05, 4.69) is 21.6 Å². The van der Waals surface area contributed by atoms with Crippen LogP contribution in [0.15, 0.2) is 71.9 Å². The van der Waals surface area contributed by atoms with Crippen molar-refractivity contribution < 1.29 is 18.0 Å². The average Bonchev–Trinajstić information content (AvgIpc) is 3.23. The van der Waals surface area contributed by atoms with Gasteiger partial charge in [0.2, 0.25) is 0 Å². The minimum Gasteiger partial charge on any atom is -0.345 e. The van der Waals surface area contributed by atoms with Gasteiger partial charge >= 0.3 is 6.18 Å². The summed E-state index contributed by atoms with van der Waals surface area (Å²) in [5.74, 6) is 0.292. The zero-order chi connectivity index (χ0) is 25.9. The lowest BCUT2D eigenvalue weighted by Gasteiger charge is -2.13. The van der Waals surface area contributed by atoms with Crippen LogP contribution in [0.1, 0.15) is 32.9 Å². The molecule has 11 heteroatoms. The second-order valence-electron chi connectivity index (χ2n) is 7.87. The summed E-state index contributed by atoms with van der Waals surface area (Å²) < 4.78 is 40.8. The van der Waals surface area contributed by atoms with E-state index < -0.39 is 17.6 Å². The Labute approximate surface area is 219 Å². The highest BCUT2D eigenvalue weighted by Crippen LogP contribution is 2.31. The molecule has 0 spiro atoms. The number of carbonyl (C=O) groups is 1. The summed E-state index contributed by atoms with van der Waals surface area (Å²) in [6.45, 7) is 1.92. The Kier molecular flexibility index (Phi) is 7.92. The molecular weight excluding hydrogens is 532 g/mol. The first-order valence-electron chi connectivity index (χ1n) is 10.7. The molecule has 3 aromatic carbocycles. The van der Waals surface area contributed by atoms with Crippen LogP contribution in [-0.4, -0.2) is 20.7 Å². The molecule has 4 aromatic rings. The molecule has 0 saturated carbocycles. The molecule has 1 heterocycles. The highest BCUT2D eigenvalue weighted by Gasteiger charge is 2.31. The molecule has 1 amide bonds. The van der Waals surface area contributed by atoms with E-state index in [9.17, 15) is 18.0 Å². The van der Waals surface area contributed by atoms with E-state index in [1.165, 1.54) is 23.9 Å². The molecule has 5 nitrogen and oxygen atoms in total. The first-order chi connectivity index (χ1) is 17.1. The third-order valence-electron chi connectivity index (χ3n) is 5.16. The van der Waals surface area contributed by atoms with Gasteiger partial charge in [-0.3, -0.25) is 9.36 Å². The molecule has 1 aromatic heterocycles. The normalized spacial score (nSPS) is 11.5. The summed E-state index contributed by atoms with van der Waals surface area (Å²) in [5, 5.41) is 12.4. The van der Waals surface area contributed by atoms with Crippen molar-refractivity contribution in [3.05, 3.63) is 105 Å². The number of aryl methyl sites for hydroxylation is 1. The molecule has 36 heavy (non-hydrogen) atoms. The van der Waals surface area contributed by atoms with E-state index in [1.807, 2.05) is 25.1 Å². The summed E-state index contributed by atoms with van der Waals surface area (Å²) in [6, 6.07) is 17.2. The quantitative estimate of drug-likeness (QED) is 0.249. The third kappa shape index (κ3) is 6.21. The lowest BCUT2D eigenvalue weighted by Crippen LogP contribution is -2.25. The van der Waals surface area contributed by atoms with Gasteiger partial charge in [-0.1, -0.05) is 70.9 Å². The minimum atomic E-state index is -4.55. The summed E-state index contributed by atoms with van der Waals surface area (Å²) in [5.41, 5.74) is 1.76. The smallest absolute Gasteiger partial charge is 0.345 e. The van der Waals surface area contributed by atoms with Crippen molar-refractivity contribution in [2.24, 2.45) is 0 Å². The zero-order valence-electron chi connectivity index (χ0n) is 18.8. The fraction of sp³-hybridized carbons (Fsp3) is 0.160. The van der Waals surface area contributed by atoms with Crippen LogP contribution in [0.2, 0.25) is 10.0 Å². The van der Waals surface area contributed by atoms with Crippen molar-refractivity contribution in [2.75, 3.05) is 0 Å². The predicted octanol–water partition coefficient (Wildman–Crippen LogP) is 7.12. The predicted molar refractivity (Wildman–Crippen MR) is 135 cm³/mol. The topological polar surface area (TPSA) is 59.8 Å². The zero-order valence-corrected chi connectivity index (χ0v) is 21.1. The number of hydrogen-bond acceptors (Lipinski definition) is 4. The molecule has 0 fully saturated rings. The molecule has 0 atom stereocenters. The molecular formula is C25H19Cl2F3N4OS. The summed E-state index contributed by atoms with van der Waals surface area (Å²) in [6.07, 6.45) is -4.55. The Morgan fingerprint density at radius 3 is 2.53 bits per heavy atom. The van der Waals surface area contributed by atoms with E-state index in [0.29, 0.717) is 32.5 Å². The molecule has 0 aliphatic carbocycles. The standard InChI is InChI=1S/C25H19Cl2F3N4OS/c1-15-4-2-5-16(10-15)14-36-24-33-32-22(34(24)21-9-8-19(26)12-20(21)27)13-31-23(35)17-6-3-7-18(11-17)25(28,29)30/h2-12H,13-14H2,1H3,(H,31,35). The van der Waals surface area contributed by atoms with Crippen LogP contribution in [0.5, 0.6) is 0 Å². The van der Waals surface area contributed by atoms with Crippen LogP contribution < -0.4 is 5.32 Å². The van der Waals surface area contributed by atoms with Crippen molar-refractivity contribution in [3.8, 4) is 5.69 Å². The van der Waals surface area contributed by atoms with E-state index in [-0.39, 0.29) is 12.1 Å². The number of amides is 1. The van der Waals surface area contributed by atoms with Crippen LogP contribution in [0.25, 0.3) is 5.69 Å². The van der Waals surface area contributed by atoms with Crippen molar-refractivity contribution in [1.29, 1.82) is 0 Å². The van der Waals surface area contributed by atoms with E-state index in [4.69, 9.17) is 23.2 Å². The number of rotatable bonds is 7. The second kappa shape index (κ2) is 10.9. The number of benzene rings is 3. The largest absolute Gasteiger partial charge is 0.416 e. The van der Waals surface area contributed by atoms with Gasteiger partial charge < -0.3 is 5.32 Å². The van der Waals surface area contributed by atoms with Crippen molar-refractivity contribution in [2.45, 2.75) is 30.6 Å². The lowest BCUT2D eigenvalue weighted by molar-refractivity contribution is -0.137. The van der Waals surface area contributed by atoms with Gasteiger partial charge in [0.15, 0.2) is 11.0 Å². The van der Waals surface area contributed by atoms with Gasteiger partial charge in [-0.25, -0.2) is 0 Å². The highest BCUT2D eigenvalue weighted by atomic mass is 35.5. The molecule has 0 bridgehead atoms. The molecule has 4 rings (SSSR count). The Balaban J connectivity index is 1.60. The number of carbonyl (C=O) groups excluding carboxylic acids is 1. The van der Waals surface area contributed by atoms with Crippen LogP contribution in [0.3, 0.4) is 0 Å². The monoisotopic (exact) mass is 550 g/mol. The van der Waals surface area contributed by atoms with Crippen LogP contribution in [-0.2, 0) is 18.5 Å². The number of nitrogens with zero attached hydrogens (tertiary/aromatic N) is 3. The molecule has 0 radical (unpaired) electrons. The summed E-state index contributed by atoms with van der Waals surface area (Å²) in [7, 11) is 0. The third-order valence-corrected chi connectivity index (χ3v) is 6.70. The second-order valence-corrected chi connectivity index (χ2v) is 9.66. The SMILES string of the molecule is Cc1cccc(CSc2nnc(CNC(=O)c3cccc(C(F)(F)F)c3)n2-c2ccc(Cl)cc2Cl)c1. The van der Waals surface area contributed by atoms with Gasteiger partial charge in [-0.15, -0.1) is 10.2 Å². The molecule has 0 saturated heterocycles. The number of nitrogens with one attached hydrogen (secondary N) is 1. The summed E-state index contributed by atoms with van der Waals surface area (Å²) in [4.78, 5) is 12.6. The lowest BCUT2D eigenvalue weighted by atomic mass is 10.1.